The van der Waals surface area contributed by atoms with Crippen molar-refractivity contribution in [3.8, 4) is 5.75 Å². The molecule has 0 aromatic heterocycles. The van der Waals surface area contributed by atoms with Gasteiger partial charge in [0.1, 0.15) is 12.5 Å². The number of phenols is 1. The summed E-state index contributed by atoms with van der Waals surface area (Å²) in [6.07, 6.45) is 0. The van der Waals surface area contributed by atoms with Crippen LogP contribution in [-0.2, 0) is 4.79 Å². The number of hydrogen-bond acceptors (Lipinski definition) is 3. The van der Waals surface area contributed by atoms with E-state index in [1.54, 1.807) is 45.0 Å². The predicted octanol–water partition coefficient (Wildman–Crippen LogP) is 1.98. The summed E-state index contributed by atoms with van der Waals surface area (Å²) in [5.41, 5.74) is -0.500. The third-order valence-electron chi connectivity index (χ3n) is 0.756. The molecule has 0 atom stereocenters. The number of hydrogen-bond donors (Lipinski definition) is 2. The van der Waals surface area contributed by atoms with Crippen molar-refractivity contribution in [2.24, 2.45) is 0 Å². The standard InChI is InChI=1S/C6H6O.C4H10O.CH2O/c7-6-4-2-1-3-5-6;1-4(2,3)5;1-2/h1-5,7H;5H,1-3H3;1H2. The van der Waals surface area contributed by atoms with Crippen molar-refractivity contribution >= 4 is 6.79 Å². The van der Waals surface area contributed by atoms with Gasteiger partial charge < -0.3 is 15.0 Å². The molecule has 0 bridgehead atoms. The van der Waals surface area contributed by atoms with Gasteiger partial charge in [-0.3, -0.25) is 0 Å². The van der Waals surface area contributed by atoms with Crippen LogP contribution in [0.25, 0.3) is 0 Å². The fourth-order valence-electron chi connectivity index (χ4n) is 0.428. The Bertz CT molecular complexity index is 208. The molecular weight excluding hydrogens is 180 g/mol. The van der Waals surface area contributed by atoms with Gasteiger partial charge in [0, 0.05) is 0 Å². The van der Waals surface area contributed by atoms with Gasteiger partial charge in [0.05, 0.1) is 5.60 Å². The number of carbonyl (C=O) groups is 1. The minimum absolute atomic E-state index is 0.322. The molecule has 1 aromatic carbocycles. The quantitative estimate of drug-likeness (QED) is 0.670. The lowest BCUT2D eigenvalue weighted by Crippen LogP contribution is -2.10. The molecule has 0 aliphatic heterocycles. The average Bonchev–Trinajstić information content (AvgIpc) is 2.06. The molecule has 0 fully saturated rings. The fourth-order valence-corrected chi connectivity index (χ4v) is 0.428. The molecular formula is C11H18O3. The van der Waals surface area contributed by atoms with E-state index in [1.165, 1.54) is 0 Å². The number of aromatic hydroxyl groups is 1. The first-order valence-corrected chi connectivity index (χ1v) is 4.15. The molecule has 0 aliphatic rings. The number of benzene rings is 1. The zero-order valence-electron chi connectivity index (χ0n) is 8.90. The Morgan fingerprint density at radius 1 is 1.07 bits per heavy atom. The smallest absolute Gasteiger partial charge is 0.115 e. The first kappa shape index (κ1) is 15.1. The average molecular weight is 198 g/mol. The number of rotatable bonds is 0. The molecule has 0 spiro atoms. The largest absolute Gasteiger partial charge is 0.508 e. The molecule has 1 aromatic rings. The maximum Gasteiger partial charge on any atom is 0.115 e. The highest BCUT2D eigenvalue weighted by molar-refractivity contribution is 5.18. The Balaban J connectivity index is 0. The van der Waals surface area contributed by atoms with E-state index in [9.17, 15) is 0 Å². The first-order chi connectivity index (χ1) is 6.39. The molecule has 14 heavy (non-hydrogen) atoms. The molecule has 0 radical (unpaired) electrons. The summed E-state index contributed by atoms with van der Waals surface area (Å²) in [5.74, 6) is 0.322. The maximum absolute atomic E-state index is 8.63. The molecule has 0 saturated heterocycles. The van der Waals surface area contributed by atoms with Crippen LogP contribution in [0.5, 0.6) is 5.75 Å². The lowest BCUT2D eigenvalue weighted by Gasteiger charge is -2.04. The van der Waals surface area contributed by atoms with Crippen molar-refractivity contribution < 1.29 is 15.0 Å². The topological polar surface area (TPSA) is 57.5 Å². The number of para-hydroxylation sites is 1. The summed E-state index contributed by atoms with van der Waals surface area (Å²) in [6, 6.07) is 8.71. The first-order valence-electron chi connectivity index (χ1n) is 4.15. The van der Waals surface area contributed by atoms with E-state index in [0.717, 1.165) is 0 Å². The number of aliphatic hydroxyl groups is 1. The third kappa shape index (κ3) is 22.4. The summed E-state index contributed by atoms with van der Waals surface area (Å²) < 4.78 is 0. The van der Waals surface area contributed by atoms with Crippen LogP contribution in [0, 0.1) is 0 Å². The predicted molar refractivity (Wildman–Crippen MR) is 57.2 cm³/mol. The minimum atomic E-state index is -0.500. The summed E-state index contributed by atoms with van der Waals surface area (Å²) in [7, 11) is 0. The third-order valence-corrected chi connectivity index (χ3v) is 0.756. The van der Waals surface area contributed by atoms with E-state index in [-0.39, 0.29) is 0 Å². The van der Waals surface area contributed by atoms with Gasteiger partial charge in [-0.25, -0.2) is 0 Å². The van der Waals surface area contributed by atoms with Crippen LogP contribution in [0.2, 0.25) is 0 Å². The molecule has 0 unspecified atom stereocenters. The Morgan fingerprint density at radius 2 is 1.36 bits per heavy atom. The lowest BCUT2D eigenvalue weighted by atomic mass is 10.2. The van der Waals surface area contributed by atoms with Crippen LogP contribution in [-0.4, -0.2) is 22.6 Å². The zero-order valence-corrected chi connectivity index (χ0v) is 8.90. The van der Waals surface area contributed by atoms with Crippen LogP contribution >= 0.6 is 0 Å². The van der Waals surface area contributed by atoms with Gasteiger partial charge in [0.2, 0.25) is 0 Å². The van der Waals surface area contributed by atoms with E-state index >= 15 is 0 Å². The van der Waals surface area contributed by atoms with Crippen LogP contribution in [0.15, 0.2) is 30.3 Å². The number of carbonyl (C=O) groups excluding carboxylic acids is 1. The Labute approximate surface area is 85.0 Å². The van der Waals surface area contributed by atoms with Crippen LogP contribution in [0.1, 0.15) is 20.8 Å². The van der Waals surface area contributed by atoms with Gasteiger partial charge in [0.25, 0.3) is 0 Å². The molecule has 0 heterocycles. The second-order valence-corrected chi connectivity index (χ2v) is 3.51. The number of phenolic OH excluding ortho intramolecular Hbond substituents is 1. The van der Waals surface area contributed by atoms with Crippen molar-refractivity contribution in [3.63, 3.8) is 0 Å². The highest BCUT2D eigenvalue weighted by Gasteiger charge is 1.97. The van der Waals surface area contributed by atoms with E-state index in [4.69, 9.17) is 15.0 Å². The van der Waals surface area contributed by atoms with Crippen molar-refractivity contribution in [2.75, 3.05) is 0 Å². The van der Waals surface area contributed by atoms with Crippen LogP contribution in [0.4, 0.5) is 0 Å². The second kappa shape index (κ2) is 8.26. The monoisotopic (exact) mass is 198 g/mol. The van der Waals surface area contributed by atoms with Crippen LogP contribution in [0.3, 0.4) is 0 Å². The summed E-state index contributed by atoms with van der Waals surface area (Å²) in [4.78, 5) is 8.00. The molecule has 3 heteroatoms. The molecule has 80 valence electrons. The normalized spacial score (nSPS) is 8.86. The van der Waals surface area contributed by atoms with Crippen molar-refractivity contribution in [3.05, 3.63) is 30.3 Å². The highest BCUT2D eigenvalue weighted by atomic mass is 16.3. The molecule has 1 rings (SSSR count). The highest BCUT2D eigenvalue weighted by Crippen LogP contribution is 2.02. The van der Waals surface area contributed by atoms with Crippen molar-refractivity contribution in [2.45, 2.75) is 26.4 Å². The van der Waals surface area contributed by atoms with E-state index < -0.39 is 5.60 Å². The van der Waals surface area contributed by atoms with Gasteiger partial charge in [-0.1, -0.05) is 18.2 Å². The van der Waals surface area contributed by atoms with Crippen molar-refractivity contribution in [1.29, 1.82) is 0 Å². The van der Waals surface area contributed by atoms with Gasteiger partial charge in [-0.15, -0.1) is 0 Å². The molecule has 0 amide bonds. The Hall–Kier alpha value is -1.35. The molecule has 3 nitrogen and oxygen atoms in total. The lowest BCUT2D eigenvalue weighted by molar-refractivity contribution is -0.0979. The van der Waals surface area contributed by atoms with Crippen LogP contribution < -0.4 is 0 Å². The Kier molecular flexibility index (Phi) is 8.93. The maximum atomic E-state index is 8.63. The second-order valence-electron chi connectivity index (χ2n) is 3.51. The van der Waals surface area contributed by atoms with Gasteiger partial charge in [-0.2, -0.15) is 0 Å². The van der Waals surface area contributed by atoms with Crippen molar-refractivity contribution in [1.82, 2.24) is 0 Å². The fraction of sp³-hybridized carbons (Fsp3) is 0.364. The molecule has 2 N–H and O–H groups in total. The van der Waals surface area contributed by atoms with E-state index in [2.05, 4.69) is 0 Å². The Morgan fingerprint density at radius 3 is 1.50 bits per heavy atom. The van der Waals surface area contributed by atoms with Gasteiger partial charge in [-0.05, 0) is 32.9 Å². The van der Waals surface area contributed by atoms with E-state index in [0.29, 0.717) is 5.75 Å². The minimum Gasteiger partial charge on any atom is -0.508 e. The SMILES string of the molecule is C=O.CC(C)(C)O.Oc1ccccc1. The van der Waals surface area contributed by atoms with E-state index in [1.807, 2.05) is 12.9 Å². The molecule has 0 saturated carbocycles. The van der Waals surface area contributed by atoms with Gasteiger partial charge >= 0.3 is 0 Å². The van der Waals surface area contributed by atoms with Gasteiger partial charge in [0.15, 0.2) is 0 Å². The summed E-state index contributed by atoms with van der Waals surface area (Å²) in [5, 5.41) is 17.2. The zero-order chi connectivity index (χ0) is 11.6. The molecule has 0 aliphatic carbocycles. The summed E-state index contributed by atoms with van der Waals surface area (Å²) >= 11 is 0. The summed E-state index contributed by atoms with van der Waals surface area (Å²) in [6.45, 7) is 7.23.